The molecule has 190 valence electrons. The molecule has 0 bridgehead atoms. The molecule has 0 saturated carbocycles. The molecule has 6 nitrogen and oxygen atoms in total. The van der Waals surface area contributed by atoms with Crippen LogP contribution in [-0.2, 0) is 4.74 Å². The van der Waals surface area contributed by atoms with Crippen molar-refractivity contribution in [1.82, 2.24) is 13.5 Å². The van der Waals surface area contributed by atoms with Crippen LogP contribution >= 0.6 is 30.3 Å². The predicted molar refractivity (Wildman–Crippen MR) is 152 cm³/mol. The molecule has 10 heteroatoms. The van der Waals surface area contributed by atoms with Crippen molar-refractivity contribution in [3.63, 3.8) is 0 Å². The van der Waals surface area contributed by atoms with Crippen molar-refractivity contribution < 1.29 is 13.5 Å². The van der Waals surface area contributed by atoms with Gasteiger partial charge in [0, 0.05) is 72.8 Å². The molecule has 1 aliphatic rings. The van der Waals surface area contributed by atoms with E-state index in [0.717, 1.165) is 53.4 Å². The van der Waals surface area contributed by atoms with Gasteiger partial charge in [-0.3, -0.25) is 8.77 Å². The minimum Gasteiger partial charge on any atom is -0.378 e. The summed E-state index contributed by atoms with van der Waals surface area (Å²) in [6.45, 7) is 8.68. The summed E-state index contributed by atoms with van der Waals surface area (Å²) >= 11 is 2.21. The monoisotopic (exact) mass is 624 g/mol. The topological polar surface area (TPSA) is 52.3 Å². The van der Waals surface area contributed by atoms with Gasteiger partial charge in [-0.15, -0.1) is 0 Å². The van der Waals surface area contributed by atoms with Crippen molar-refractivity contribution in [2.24, 2.45) is 0 Å². The second-order valence-corrected chi connectivity index (χ2v) is 10.1. The van der Waals surface area contributed by atoms with Crippen LogP contribution in [0.5, 0.6) is 0 Å². The molecule has 36 heavy (non-hydrogen) atoms. The maximum atomic E-state index is 13.7. The lowest BCUT2D eigenvalue weighted by Crippen LogP contribution is -2.36. The summed E-state index contributed by atoms with van der Waals surface area (Å²) in [5.74, 6) is -1.01. The zero-order chi connectivity index (χ0) is 25.7. The van der Waals surface area contributed by atoms with E-state index < -0.39 is 11.9 Å². The van der Waals surface area contributed by atoms with Gasteiger partial charge in [0.25, 0.3) is 5.56 Å². The normalized spacial score (nSPS) is 15.9. The zero-order valence-electron chi connectivity index (χ0n) is 19.9. The molecular weight excluding hydrogens is 597 g/mol. The lowest BCUT2D eigenvalue weighted by molar-refractivity contribution is 0.122. The van der Waals surface area contributed by atoms with Gasteiger partial charge in [-0.05, 0) is 35.8 Å². The highest BCUT2D eigenvalue weighted by atomic mass is 127. The number of aromatic nitrogens is 3. The Bertz CT molecular complexity index is 1360. The molecule has 0 aromatic carbocycles. The van der Waals surface area contributed by atoms with Crippen molar-refractivity contribution in [2.75, 3.05) is 31.2 Å². The molecule has 0 spiro atoms. The quantitative estimate of drug-likeness (QED) is 0.194. The third-order valence-corrected chi connectivity index (χ3v) is 7.93. The summed E-state index contributed by atoms with van der Waals surface area (Å²) < 4.78 is 35.3. The Morgan fingerprint density at radius 3 is 2.78 bits per heavy atom. The van der Waals surface area contributed by atoms with Crippen LogP contribution in [0.2, 0.25) is 0 Å². The molecule has 1 unspecified atom stereocenters. The Labute approximate surface area is 225 Å². The van der Waals surface area contributed by atoms with E-state index in [1.165, 1.54) is 15.2 Å². The Hall–Kier alpha value is -2.44. The van der Waals surface area contributed by atoms with E-state index in [-0.39, 0.29) is 11.9 Å². The molecule has 3 aromatic rings. The van der Waals surface area contributed by atoms with E-state index in [0.29, 0.717) is 25.2 Å². The summed E-state index contributed by atoms with van der Waals surface area (Å²) in [5, 5.41) is 0.951. The molecular formula is C26H27F2IN4O2S. The Balaban J connectivity index is 1.78. The van der Waals surface area contributed by atoms with Gasteiger partial charge in [-0.1, -0.05) is 26.0 Å². The number of halogens is 3. The average molecular weight is 624 g/mol. The van der Waals surface area contributed by atoms with Gasteiger partial charge in [0.05, 0.1) is 31.1 Å². The summed E-state index contributed by atoms with van der Waals surface area (Å²) in [7, 11) is 1.51. The van der Waals surface area contributed by atoms with Crippen LogP contribution in [0.4, 0.5) is 14.5 Å². The Morgan fingerprint density at radius 2 is 2.14 bits per heavy atom. The van der Waals surface area contributed by atoms with E-state index in [9.17, 15) is 13.6 Å². The van der Waals surface area contributed by atoms with Gasteiger partial charge in [0.15, 0.2) is 11.5 Å². The smallest absolute Gasteiger partial charge is 0.251 e. The minimum atomic E-state index is -1.01. The molecule has 0 amide bonds. The molecule has 1 fully saturated rings. The van der Waals surface area contributed by atoms with Crippen molar-refractivity contribution >= 4 is 47.0 Å². The summed E-state index contributed by atoms with van der Waals surface area (Å²) in [6, 6.07) is 5.12. The summed E-state index contributed by atoms with van der Waals surface area (Å²) in [5.41, 5.74) is 3.71. The second kappa shape index (κ2) is 12.2. The van der Waals surface area contributed by atoms with E-state index in [1.54, 1.807) is 16.8 Å². The number of ether oxygens (including phenoxy) is 1. The lowest BCUT2D eigenvalue weighted by Gasteiger charge is -2.28. The first kappa shape index (κ1) is 26.6. The summed E-state index contributed by atoms with van der Waals surface area (Å²) in [4.78, 5) is 20.3. The van der Waals surface area contributed by atoms with Gasteiger partial charge in [0.1, 0.15) is 6.33 Å². The first-order valence-electron chi connectivity index (χ1n) is 11.7. The van der Waals surface area contributed by atoms with E-state index >= 15 is 0 Å². The van der Waals surface area contributed by atoms with Gasteiger partial charge < -0.3 is 14.2 Å². The summed E-state index contributed by atoms with van der Waals surface area (Å²) in [6.07, 6.45) is 9.35. The number of nitrogens with zero attached hydrogens (tertiary/aromatic N) is 4. The third kappa shape index (κ3) is 5.60. The molecule has 1 saturated heterocycles. The fourth-order valence-corrected chi connectivity index (χ4v) is 5.74. The van der Waals surface area contributed by atoms with Crippen LogP contribution in [-0.4, -0.2) is 39.8 Å². The molecule has 1 atom stereocenters. The molecule has 4 heterocycles. The maximum Gasteiger partial charge on any atom is 0.251 e. The number of hydrogen-bond donors (Lipinski definition) is 0. The Kier molecular flexibility index (Phi) is 9.02. The fraction of sp³-hybridized carbons (Fsp3) is 0.308. The SMILES string of the molecule is C=C/C(=C\C(F)=C\F)C(CCC)n1ccc(-c2cn(SI)c3ncc(N4CCOCC4)cc23)cc1=O. The van der Waals surface area contributed by atoms with Crippen LogP contribution in [0.3, 0.4) is 0 Å². The minimum absolute atomic E-state index is 0.0987. The van der Waals surface area contributed by atoms with E-state index in [4.69, 9.17) is 9.72 Å². The zero-order valence-corrected chi connectivity index (χ0v) is 22.8. The highest BCUT2D eigenvalue weighted by Crippen LogP contribution is 2.35. The first-order chi connectivity index (χ1) is 17.5. The number of anilines is 1. The van der Waals surface area contributed by atoms with Crippen LogP contribution in [0, 0.1) is 0 Å². The van der Waals surface area contributed by atoms with Gasteiger partial charge in [0.2, 0.25) is 0 Å². The Morgan fingerprint density at radius 1 is 1.36 bits per heavy atom. The first-order valence-corrected chi connectivity index (χ1v) is 15.0. The van der Waals surface area contributed by atoms with Gasteiger partial charge in [-0.2, -0.15) is 0 Å². The lowest BCUT2D eigenvalue weighted by atomic mass is 10.0. The van der Waals surface area contributed by atoms with Crippen molar-refractivity contribution in [3.8, 4) is 11.1 Å². The number of fused-ring (bicyclic) bond motifs is 1. The van der Waals surface area contributed by atoms with Crippen LogP contribution in [0.1, 0.15) is 25.8 Å². The highest BCUT2D eigenvalue weighted by molar-refractivity contribution is 14.2. The number of allylic oxidation sites excluding steroid dienone is 4. The van der Waals surface area contributed by atoms with Gasteiger partial charge >= 0.3 is 0 Å². The van der Waals surface area contributed by atoms with Crippen LogP contribution in [0.25, 0.3) is 22.2 Å². The highest BCUT2D eigenvalue weighted by Gasteiger charge is 2.19. The molecule has 3 aromatic heterocycles. The van der Waals surface area contributed by atoms with Crippen molar-refractivity contribution in [2.45, 2.75) is 25.8 Å². The van der Waals surface area contributed by atoms with E-state index in [1.807, 2.05) is 29.4 Å². The average Bonchev–Trinajstić information content (AvgIpc) is 3.29. The molecule has 0 N–H and O–H groups in total. The largest absolute Gasteiger partial charge is 0.378 e. The molecule has 4 rings (SSSR count). The van der Waals surface area contributed by atoms with Gasteiger partial charge in [-0.25, -0.2) is 13.8 Å². The number of pyridine rings is 2. The maximum absolute atomic E-state index is 13.7. The number of rotatable bonds is 9. The second-order valence-electron chi connectivity index (χ2n) is 8.41. The molecule has 1 aliphatic heterocycles. The molecule has 0 radical (unpaired) electrons. The third-order valence-electron chi connectivity index (χ3n) is 6.23. The predicted octanol–water partition coefficient (Wildman–Crippen LogP) is 6.78. The number of morpholine rings is 1. The van der Waals surface area contributed by atoms with Crippen molar-refractivity contribution in [1.29, 1.82) is 0 Å². The van der Waals surface area contributed by atoms with E-state index in [2.05, 4.69) is 38.8 Å². The standard InChI is InChI=1S/C26H27F2IN4O2S/c1-3-5-24(18(4-2)12-20(28)15-27)32-7-6-19(13-25(32)34)23-17-33(36-29)26-22(23)14-21(16-30-26)31-8-10-35-11-9-31/h4,6-7,12-17,24H,2-3,5,8-11H2,1H3/b18-12+,20-15-. The van der Waals surface area contributed by atoms with Crippen LogP contribution in [0.15, 0.2) is 78.0 Å². The number of hydrogen-bond acceptors (Lipinski definition) is 5. The fourth-order valence-electron chi connectivity index (χ4n) is 4.48. The van der Waals surface area contributed by atoms with Crippen molar-refractivity contribution in [3.05, 3.63) is 83.6 Å². The van der Waals surface area contributed by atoms with Crippen LogP contribution < -0.4 is 10.5 Å². The molecule has 0 aliphatic carbocycles.